The SMILES string of the molecule is O=C(O)CCn1c(CO)cc2cc(O)ccc21. The van der Waals surface area contributed by atoms with Gasteiger partial charge in [-0.3, -0.25) is 4.79 Å². The number of phenols is 1. The molecule has 0 bridgehead atoms. The van der Waals surface area contributed by atoms with Crippen LogP contribution in [0.2, 0.25) is 0 Å². The van der Waals surface area contributed by atoms with Crippen molar-refractivity contribution in [3.05, 3.63) is 30.0 Å². The van der Waals surface area contributed by atoms with Crippen molar-refractivity contribution in [3.8, 4) is 5.75 Å². The molecule has 3 N–H and O–H groups in total. The van der Waals surface area contributed by atoms with Crippen molar-refractivity contribution in [1.82, 2.24) is 4.57 Å². The van der Waals surface area contributed by atoms with E-state index in [9.17, 15) is 15.0 Å². The molecule has 5 nitrogen and oxygen atoms in total. The second kappa shape index (κ2) is 4.47. The van der Waals surface area contributed by atoms with Gasteiger partial charge in [0.25, 0.3) is 0 Å². The van der Waals surface area contributed by atoms with Crippen molar-refractivity contribution in [2.45, 2.75) is 19.6 Å². The maximum atomic E-state index is 10.6. The number of hydrogen-bond donors (Lipinski definition) is 3. The van der Waals surface area contributed by atoms with Crippen LogP contribution >= 0.6 is 0 Å². The van der Waals surface area contributed by atoms with Gasteiger partial charge in [-0.25, -0.2) is 0 Å². The van der Waals surface area contributed by atoms with Crippen molar-refractivity contribution < 1.29 is 20.1 Å². The van der Waals surface area contributed by atoms with Crippen LogP contribution < -0.4 is 0 Å². The van der Waals surface area contributed by atoms with Gasteiger partial charge in [0, 0.05) is 23.1 Å². The molecular formula is C12H13NO4. The number of aliphatic hydroxyl groups excluding tert-OH is 1. The quantitative estimate of drug-likeness (QED) is 0.746. The zero-order chi connectivity index (χ0) is 12.4. The summed E-state index contributed by atoms with van der Waals surface area (Å²) in [4.78, 5) is 10.6. The largest absolute Gasteiger partial charge is 0.508 e. The Labute approximate surface area is 97.5 Å². The summed E-state index contributed by atoms with van der Waals surface area (Å²) in [5.41, 5.74) is 1.46. The maximum Gasteiger partial charge on any atom is 0.305 e. The Kier molecular flexibility index (Phi) is 3.01. The third kappa shape index (κ3) is 2.24. The fourth-order valence-electron chi connectivity index (χ4n) is 1.92. The Morgan fingerprint density at radius 2 is 2.06 bits per heavy atom. The smallest absolute Gasteiger partial charge is 0.305 e. The van der Waals surface area contributed by atoms with E-state index >= 15 is 0 Å². The molecule has 2 aromatic rings. The molecule has 1 heterocycles. The van der Waals surface area contributed by atoms with Crippen LogP contribution in [0.5, 0.6) is 5.75 Å². The summed E-state index contributed by atoms with van der Waals surface area (Å²) in [6.45, 7) is 0.147. The lowest BCUT2D eigenvalue weighted by molar-refractivity contribution is -0.137. The van der Waals surface area contributed by atoms with Crippen LogP contribution in [0.1, 0.15) is 12.1 Å². The molecule has 0 saturated heterocycles. The van der Waals surface area contributed by atoms with Gasteiger partial charge >= 0.3 is 5.97 Å². The number of fused-ring (bicyclic) bond motifs is 1. The van der Waals surface area contributed by atoms with E-state index in [-0.39, 0.29) is 18.8 Å². The Morgan fingerprint density at radius 3 is 2.71 bits per heavy atom. The second-order valence-electron chi connectivity index (χ2n) is 3.83. The summed E-state index contributed by atoms with van der Waals surface area (Å²) in [6, 6.07) is 6.59. The van der Waals surface area contributed by atoms with Gasteiger partial charge in [-0.15, -0.1) is 0 Å². The van der Waals surface area contributed by atoms with Crippen LogP contribution in [-0.2, 0) is 17.9 Å². The van der Waals surface area contributed by atoms with Crippen molar-refractivity contribution in [3.63, 3.8) is 0 Å². The number of carboxylic acids is 1. The number of benzene rings is 1. The first-order valence-electron chi connectivity index (χ1n) is 5.25. The number of carbonyl (C=O) groups is 1. The molecule has 0 aliphatic rings. The van der Waals surface area contributed by atoms with Crippen molar-refractivity contribution in [2.24, 2.45) is 0 Å². The normalized spacial score (nSPS) is 10.9. The minimum Gasteiger partial charge on any atom is -0.508 e. The number of aromatic hydroxyl groups is 1. The molecule has 2 rings (SSSR count). The average Bonchev–Trinajstić information content (AvgIpc) is 2.63. The molecule has 0 radical (unpaired) electrons. The number of phenolic OH excluding ortho intramolecular Hbond substituents is 1. The van der Waals surface area contributed by atoms with E-state index < -0.39 is 5.97 Å². The zero-order valence-corrected chi connectivity index (χ0v) is 9.13. The first kappa shape index (κ1) is 11.5. The molecule has 17 heavy (non-hydrogen) atoms. The highest BCUT2D eigenvalue weighted by molar-refractivity contribution is 5.83. The first-order valence-corrected chi connectivity index (χ1v) is 5.25. The first-order chi connectivity index (χ1) is 8.11. The maximum absolute atomic E-state index is 10.6. The average molecular weight is 235 g/mol. The molecule has 0 fully saturated rings. The van der Waals surface area contributed by atoms with E-state index in [2.05, 4.69) is 0 Å². The highest BCUT2D eigenvalue weighted by Gasteiger charge is 2.09. The summed E-state index contributed by atoms with van der Waals surface area (Å²) >= 11 is 0. The molecule has 1 aromatic heterocycles. The summed E-state index contributed by atoms with van der Waals surface area (Å²) < 4.78 is 1.75. The number of aryl methyl sites for hydroxylation is 1. The number of aliphatic carboxylic acids is 1. The molecule has 90 valence electrons. The number of hydrogen-bond acceptors (Lipinski definition) is 3. The minimum absolute atomic E-state index is 0.00232. The molecule has 0 unspecified atom stereocenters. The molecule has 0 spiro atoms. The molecule has 0 saturated carbocycles. The molecule has 0 amide bonds. The van der Waals surface area contributed by atoms with E-state index in [4.69, 9.17) is 5.11 Å². The second-order valence-corrected chi connectivity index (χ2v) is 3.83. The topological polar surface area (TPSA) is 82.7 Å². The van der Waals surface area contributed by atoms with Gasteiger partial charge in [-0.05, 0) is 24.3 Å². The van der Waals surface area contributed by atoms with E-state index in [0.717, 1.165) is 10.9 Å². The molecule has 0 aliphatic heterocycles. The summed E-state index contributed by atoms with van der Waals surface area (Å²) in [6.07, 6.45) is -0.00232. The molecule has 0 atom stereocenters. The lowest BCUT2D eigenvalue weighted by atomic mass is 10.2. The van der Waals surface area contributed by atoms with Gasteiger partial charge < -0.3 is 19.9 Å². The monoisotopic (exact) mass is 235 g/mol. The van der Waals surface area contributed by atoms with Crippen LogP contribution in [0.25, 0.3) is 10.9 Å². The minimum atomic E-state index is -0.880. The van der Waals surface area contributed by atoms with Gasteiger partial charge in [-0.1, -0.05) is 0 Å². The third-order valence-corrected chi connectivity index (χ3v) is 2.68. The van der Waals surface area contributed by atoms with E-state index in [1.807, 2.05) is 0 Å². The highest BCUT2D eigenvalue weighted by atomic mass is 16.4. The van der Waals surface area contributed by atoms with Crippen LogP contribution in [0, 0.1) is 0 Å². The van der Waals surface area contributed by atoms with E-state index in [1.54, 1.807) is 28.8 Å². The Bertz CT molecular complexity index is 559. The molecule has 5 heteroatoms. The molecule has 0 aliphatic carbocycles. The highest BCUT2D eigenvalue weighted by Crippen LogP contribution is 2.24. The zero-order valence-electron chi connectivity index (χ0n) is 9.13. The lowest BCUT2D eigenvalue weighted by Crippen LogP contribution is -2.07. The summed E-state index contributed by atoms with van der Waals surface area (Å²) in [5, 5.41) is 28.0. The predicted octanol–water partition coefficient (Wildman–Crippen LogP) is 1.31. The number of carboxylic acid groups (broad SMARTS) is 1. The van der Waals surface area contributed by atoms with Crippen LogP contribution in [0.3, 0.4) is 0 Å². The Hall–Kier alpha value is -2.01. The van der Waals surface area contributed by atoms with E-state index in [0.29, 0.717) is 12.2 Å². The Morgan fingerprint density at radius 1 is 1.29 bits per heavy atom. The number of aliphatic hydroxyl groups is 1. The van der Waals surface area contributed by atoms with Crippen LogP contribution in [0.15, 0.2) is 24.3 Å². The van der Waals surface area contributed by atoms with Gasteiger partial charge in [0.15, 0.2) is 0 Å². The fraction of sp³-hybridized carbons (Fsp3) is 0.250. The van der Waals surface area contributed by atoms with Gasteiger partial charge in [0.2, 0.25) is 0 Å². The van der Waals surface area contributed by atoms with Crippen LogP contribution in [-0.4, -0.2) is 25.9 Å². The van der Waals surface area contributed by atoms with Crippen molar-refractivity contribution >= 4 is 16.9 Å². The summed E-state index contributed by atoms with van der Waals surface area (Å²) in [5.74, 6) is -0.730. The van der Waals surface area contributed by atoms with Crippen LogP contribution in [0.4, 0.5) is 0 Å². The van der Waals surface area contributed by atoms with E-state index in [1.165, 1.54) is 0 Å². The van der Waals surface area contributed by atoms with Gasteiger partial charge in [0.05, 0.1) is 13.0 Å². The molecule has 1 aromatic carbocycles. The van der Waals surface area contributed by atoms with Gasteiger partial charge in [-0.2, -0.15) is 0 Å². The van der Waals surface area contributed by atoms with Gasteiger partial charge in [0.1, 0.15) is 5.75 Å². The lowest BCUT2D eigenvalue weighted by Gasteiger charge is -2.07. The number of aromatic nitrogens is 1. The summed E-state index contributed by atoms with van der Waals surface area (Å²) in [7, 11) is 0. The predicted molar refractivity (Wildman–Crippen MR) is 61.8 cm³/mol. The fourth-order valence-corrected chi connectivity index (χ4v) is 1.92. The van der Waals surface area contributed by atoms with Crippen molar-refractivity contribution in [2.75, 3.05) is 0 Å². The standard InChI is InChI=1S/C12H13NO4/c14-7-9-5-8-6-10(15)1-2-11(8)13(9)4-3-12(16)17/h1-2,5-6,14-15H,3-4,7H2,(H,16,17). The Balaban J connectivity index is 2.47. The third-order valence-electron chi connectivity index (χ3n) is 2.68. The van der Waals surface area contributed by atoms with Crippen molar-refractivity contribution in [1.29, 1.82) is 0 Å². The number of nitrogens with zero attached hydrogens (tertiary/aromatic N) is 1. The number of rotatable bonds is 4. The molecular weight excluding hydrogens is 222 g/mol.